The molecule has 0 atom stereocenters. The Labute approximate surface area is 215 Å². The van der Waals surface area contributed by atoms with Crippen LogP contribution >= 0.6 is 12.2 Å². The Morgan fingerprint density at radius 1 is 1.11 bits per heavy atom. The lowest BCUT2D eigenvalue weighted by Gasteiger charge is -2.35. The Morgan fingerprint density at radius 3 is 2.33 bits per heavy atom. The second-order valence-electron chi connectivity index (χ2n) is 10.5. The van der Waals surface area contributed by atoms with Crippen molar-refractivity contribution in [2.24, 2.45) is 0 Å². The van der Waals surface area contributed by atoms with Gasteiger partial charge in [-0.25, -0.2) is 14.2 Å². The third kappa shape index (κ3) is 5.63. The Balaban J connectivity index is 1.49. The number of carbonyl (C=O) groups excluding carboxylic acids is 1. The molecule has 2 aromatic carbocycles. The van der Waals surface area contributed by atoms with Crippen LogP contribution in [0.3, 0.4) is 0 Å². The number of fused-ring (bicyclic) bond motifs is 1. The normalized spacial score (nSPS) is 15.0. The minimum Gasteiger partial charge on any atom is -0.508 e. The minimum absolute atomic E-state index is 0.0871. The molecule has 9 heteroatoms. The summed E-state index contributed by atoms with van der Waals surface area (Å²) in [5.41, 5.74) is 2.22. The van der Waals surface area contributed by atoms with E-state index in [0.717, 1.165) is 30.8 Å². The molecular formula is C27H33N3O5S. The lowest BCUT2D eigenvalue weighted by Crippen LogP contribution is -2.49. The standard InChI is InChI=1S/C27H33N3O5S/c1-17(2)20-14-21-23(15-22(20)31)34-26(33)30(24(21)36)19-8-6-18(7-9-19)16-28-10-12-29(13-11-28)25(32)35-27(3,4)5/h6-9,14-15,17,31H,10-13,16H2,1-5H3. The average Bonchev–Trinajstić information content (AvgIpc) is 2.79. The molecule has 0 unspecified atom stereocenters. The van der Waals surface area contributed by atoms with Crippen LogP contribution in [0.1, 0.15) is 51.7 Å². The van der Waals surface area contributed by atoms with Gasteiger partial charge in [-0.05, 0) is 56.0 Å². The molecule has 0 saturated carbocycles. The maximum Gasteiger partial charge on any atom is 0.425 e. The molecule has 0 bridgehead atoms. The maximum absolute atomic E-state index is 12.8. The molecule has 4 rings (SSSR count). The van der Waals surface area contributed by atoms with Gasteiger partial charge in [0.2, 0.25) is 0 Å². The molecule has 8 nitrogen and oxygen atoms in total. The van der Waals surface area contributed by atoms with E-state index in [2.05, 4.69) is 4.90 Å². The van der Waals surface area contributed by atoms with Crippen molar-refractivity contribution in [2.75, 3.05) is 26.2 Å². The van der Waals surface area contributed by atoms with Crippen LogP contribution < -0.4 is 5.76 Å². The smallest absolute Gasteiger partial charge is 0.425 e. The molecule has 1 fully saturated rings. The molecule has 1 saturated heterocycles. The van der Waals surface area contributed by atoms with Crippen molar-refractivity contribution in [1.29, 1.82) is 0 Å². The topological polar surface area (TPSA) is 88.2 Å². The molecule has 1 aliphatic rings. The number of aromatic hydroxyl groups is 1. The van der Waals surface area contributed by atoms with Gasteiger partial charge in [-0.15, -0.1) is 0 Å². The number of hydrogen-bond donors (Lipinski definition) is 1. The molecule has 0 radical (unpaired) electrons. The summed E-state index contributed by atoms with van der Waals surface area (Å²) in [6, 6.07) is 10.9. The molecule has 192 valence electrons. The fourth-order valence-electron chi connectivity index (χ4n) is 4.29. The van der Waals surface area contributed by atoms with Gasteiger partial charge in [-0.2, -0.15) is 0 Å². The second kappa shape index (κ2) is 10.1. The third-order valence-corrected chi connectivity index (χ3v) is 6.59. The van der Waals surface area contributed by atoms with E-state index in [1.807, 2.05) is 58.9 Å². The first kappa shape index (κ1) is 25.9. The Bertz CT molecular complexity index is 1380. The number of nitrogens with zero attached hydrogens (tertiary/aromatic N) is 3. The van der Waals surface area contributed by atoms with E-state index in [9.17, 15) is 14.7 Å². The zero-order valence-corrected chi connectivity index (χ0v) is 22.2. The van der Waals surface area contributed by atoms with Crippen molar-refractivity contribution >= 4 is 29.3 Å². The molecule has 0 spiro atoms. The zero-order valence-electron chi connectivity index (χ0n) is 21.4. The molecule has 1 N–H and O–H groups in total. The van der Waals surface area contributed by atoms with E-state index in [-0.39, 0.29) is 23.3 Å². The van der Waals surface area contributed by atoms with Crippen LogP contribution in [0.4, 0.5) is 4.79 Å². The van der Waals surface area contributed by atoms with Gasteiger partial charge in [0.05, 0.1) is 11.1 Å². The maximum atomic E-state index is 12.8. The highest BCUT2D eigenvalue weighted by atomic mass is 32.1. The summed E-state index contributed by atoms with van der Waals surface area (Å²) in [5.74, 6) is -0.422. The average molecular weight is 512 g/mol. The number of phenols is 1. The van der Waals surface area contributed by atoms with Crippen molar-refractivity contribution in [3.8, 4) is 11.4 Å². The van der Waals surface area contributed by atoms with Crippen LogP contribution in [-0.2, 0) is 11.3 Å². The van der Waals surface area contributed by atoms with Gasteiger partial charge in [-0.1, -0.05) is 38.2 Å². The lowest BCUT2D eigenvalue weighted by atomic mass is 10.0. The highest BCUT2D eigenvalue weighted by Gasteiger charge is 2.25. The Morgan fingerprint density at radius 2 is 1.75 bits per heavy atom. The van der Waals surface area contributed by atoms with Crippen LogP contribution in [0.5, 0.6) is 5.75 Å². The molecule has 1 aliphatic heterocycles. The van der Waals surface area contributed by atoms with Gasteiger partial charge >= 0.3 is 11.8 Å². The van der Waals surface area contributed by atoms with Crippen molar-refractivity contribution in [3.63, 3.8) is 0 Å². The summed E-state index contributed by atoms with van der Waals surface area (Å²) < 4.78 is 12.7. The van der Waals surface area contributed by atoms with Crippen LogP contribution in [-0.4, -0.2) is 57.3 Å². The molecule has 1 aromatic heterocycles. The third-order valence-electron chi connectivity index (χ3n) is 6.19. The quantitative estimate of drug-likeness (QED) is 0.482. The van der Waals surface area contributed by atoms with Crippen LogP contribution in [0, 0.1) is 4.64 Å². The van der Waals surface area contributed by atoms with Gasteiger partial charge in [0.15, 0.2) is 0 Å². The Hall–Kier alpha value is -3.17. The van der Waals surface area contributed by atoms with E-state index in [4.69, 9.17) is 21.4 Å². The largest absolute Gasteiger partial charge is 0.508 e. The molecular weight excluding hydrogens is 478 g/mol. The highest BCUT2D eigenvalue weighted by molar-refractivity contribution is 7.71. The molecule has 3 aromatic rings. The number of carbonyl (C=O) groups is 1. The molecule has 2 heterocycles. The summed E-state index contributed by atoms with van der Waals surface area (Å²) in [4.78, 5) is 29.1. The predicted molar refractivity (Wildman–Crippen MR) is 141 cm³/mol. The lowest BCUT2D eigenvalue weighted by molar-refractivity contribution is 0.0139. The first-order valence-corrected chi connectivity index (χ1v) is 12.6. The number of benzene rings is 2. The number of rotatable bonds is 4. The second-order valence-corrected chi connectivity index (χ2v) is 10.9. The SMILES string of the molecule is CC(C)c1cc2c(=S)n(-c3ccc(CN4CCN(C(=O)OC(C)(C)C)CC4)cc3)c(=O)oc2cc1O. The number of piperazine rings is 1. The first-order valence-electron chi connectivity index (χ1n) is 12.2. The summed E-state index contributed by atoms with van der Waals surface area (Å²) in [6.07, 6.45) is -0.270. The van der Waals surface area contributed by atoms with Gasteiger partial charge in [-0.3, -0.25) is 4.90 Å². The summed E-state index contributed by atoms with van der Waals surface area (Å²) >= 11 is 5.65. The van der Waals surface area contributed by atoms with E-state index in [0.29, 0.717) is 28.8 Å². The predicted octanol–water partition coefficient (Wildman–Crippen LogP) is 5.19. The number of phenolic OH excluding ortho intramolecular Hbond substituents is 1. The molecule has 1 amide bonds. The van der Waals surface area contributed by atoms with Crippen LogP contribution in [0.2, 0.25) is 0 Å². The first-order chi connectivity index (χ1) is 16.9. The molecule has 0 aliphatic carbocycles. The van der Waals surface area contributed by atoms with Gasteiger partial charge in [0.1, 0.15) is 21.6 Å². The monoisotopic (exact) mass is 511 g/mol. The summed E-state index contributed by atoms with van der Waals surface area (Å²) in [6.45, 7) is 13.0. The highest BCUT2D eigenvalue weighted by Crippen LogP contribution is 2.31. The fraction of sp³-hybridized carbons (Fsp3) is 0.444. The summed E-state index contributed by atoms with van der Waals surface area (Å²) in [5, 5.41) is 10.9. The minimum atomic E-state index is -0.602. The van der Waals surface area contributed by atoms with Gasteiger partial charge < -0.3 is 19.2 Å². The van der Waals surface area contributed by atoms with E-state index < -0.39 is 11.4 Å². The summed E-state index contributed by atoms with van der Waals surface area (Å²) in [7, 11) is 0. The van der Waals surface area contributed by atoms with Crippen molar-refractivity contribution in [1.82, 2.24) is 14.4 Å². The van der Waals surface area contributed by atoms with Crippen molar-refractivity contribution in [2.45, 2.75) is 52.7 Å². The van der Waals surface area contributed by atoms with Gasteiger partial charge in [0.25, 0.3) is 0 Å². The van der Waals surface area contributed by atoms with E-state index in [1.54, 1.807) is 11.0 Å². The van der Waals surface area contributed by atoms with Crippen molar-refractivity contribution < 1.29 is 19.1 Å². The number of hydrogen-bond acceptors (Lipinski definition) is 7. The van der Waals surface area contributed by atoms with E-state index in [1.165, 1.54) is 10.6 Å². The van der Waals surface area contributed by atoms with Crippen LogP contribution in [0.15, 0.2) is 45.6 Å². The Kier molecular flexibility index (Phi) is 7.24. The number of ether oxygens (including phenoxy) is 1. The fourth-order valence-corrected chi connectivity index (χ4v) is 4.63. The zero-order chi connectivity index (χ0) is 26.2. The van der Waals surface area contributed by atoms with Gasteiger partial charge in [0, 0.05) is 38.8 Å². The van der Waals surface area contributed by atoms with Crippen molar-refractivity contribution in [3.05, 3.63) is 62.7 Å². The number of aromatic nitrogens is 1. The molecule has 36 heavy (non-hydrogen) atoms. The van der Waals surface area contributed by atoms with E-state index >= 15 is 0 Å². The van der Waals surface area contributed by atoms with Crippen LogP contribution in [0.25, 0.3) is 16.7 Å². The number of amides is 1.